The van der Waals surface area contributed by atoms with Crippen LogP contribution in [0, 0.1) is 5.92 Å². The zero-order valence-electron chi connectivity index (χ0n) is 13.2. The fourth-order valence-corrected chi connectivity index (χ4v) is 2.76. The lowest BCUT2D eigenvalue weighted by molar-refractivity contribution is -0.132. The summed E-state index contributed by atoms with van der Waals surface area (Å²) in [5, 5.41) is 0. The molecule has 0 bridgehead atoms. The van der Waals surface area contributed by atoms with E-state index in [2.05, 4.69) is 0 Å². The topological polar surface area (TPSA) is 64.8 Å². The molecule has 5 nitrogen and oxygen atoms in total. The Morgan fingerprint density at radius 2 is 2.05 bits per heavy atom. The molecule has 2 N–H and O–H groups in total. The third-order valence-electron chi connectivity index (χ3n) is 4.01. The van der Waals surface area contributed by atoms with Gasteiger partial charge in [-0.15, -0.1) is 12.4 Å². The van der Waals surface area contributed by atoms with Crippen LogP contribution in [0.4, 0.5) is 0 Å². The van der Waals surface area contributed by atoms with Crippen LogP contribution < -0.4 is 15.2 Å². The first-order valence-electron chi connectivity index (χ1n) is 7.36. The van der Waals surface area contributed by atoms with Crippen molar-refractivity contribution in [2.75, 3.05) is 33.9 Å². The maximum absolute atomic E-state index is 12.4. The highest BCUT2D eigenvalue weighted by Gasteiger charge is 2.22. The van der Waals surface area contributed by atoms with Crippen molar-refractivity contribution in [3.8, 4) is 11.5 Å². The Morgan fingerprint density at radius 3 is 2.68 bits per heavy atom. The summed E-state index contributed by atoms with van der Waals surface area (Å²) in [6.07, 6.45) is 2.55. The minimum Gasteiger partial charge on any atom is -0.493 e. The molecule has 1 aliphatic heterocycles. The van der Waals surface area contributed by atoms with E-state index in [-0.39, 0.29) is 18.3 Å². The summed E-state index contributed by atoms with van der Waals surface area (Å²) >= 11 is 0. The van der Waals surface area contributed by atoms with Crippen molar-refractivity contribution in [1.82, 2.24) is 4.90 Å². The maximum Gasteiger partial charge on any atom is 0.227 e. The Hall–Kier alpha value is -1.46. The van der Waals surface area contributed by atoms with Gasteiger partial charge < -0.3 is 20.1 Å². The van der Waals surface area contributed by atoms with Crippen LogP contribution in [0.1, 0.15) is 18.4 Å². The summed E-state index contributed by atoms with van der Waals surface area (Å²) in [6.45, 7) is 2.27. The predicted molar refractivity (Wildman–Crippen MR) is 88.9 cm³/mol. The molecule has 0 saturated carbocycles. The van der Waals surface area contributed by atoms with Crippen molar-refractivity contribution in [3.05, 3.63) is 23.8 Å². The summed E-state index contributed by atoms with van der Waals surface area (Å²) in [5.41, 5.74) is 6.66. The van der Waals surface area contributed by atoms with E-state index in [0.29, 0.717) is 30.4 Å². The Bertz CT molecular complexity index is 496. The summed E-state index contributed by atoms with van der Waals surface area (Å²) in [4.78, 5) is 14.3. The molecule has 1 aliphatic rings. The van der Waals surface area contributed by atoms with Crippen LogP contribution in [0.3, 0.4) is 0 Å². The molecule has 124 valence electrons. The number of amides is 1. The van der Waals surface area contributed by atoms with Gasteiger partial charge in [0.15, 0.2) is 11.5 Å². The average molecular weight is 329 g/mol. The van der Waals surface area contributed by atoms with E-state index in [4.69, 9.17) is 15.2 Å². The number of nitrogens with zero attached hydrogens (tertiary/aromatic N) is 1. The molecule has 1 fully saturated rings. The average Bonchev–Trinajstić information content (AvgIpc) is 2.54. The van der Waals surface area contributed by atoms with Gasteiger partial charge >= 0.3 is 0 Å². The molecule has 0 spiro atoms. The molecule has 1 amide bonds. The van der Waals surface area contributed by atoms with E-state index in [1.165, 1.54) is 0 Å². The van der Waals surface area contributed by atoms with E-state index in [0.717, 1.165) is 31.5 Å². The van der Waals surface area contributed by atoms with Crippen molar-refractivity contribution in [2.45, 2.75) is 19.3 Å². The second-order valence-corrected chi connectivity index (χ2v) is 5.45. The number of rotatable bonds is 5. The van der Waals surface area contributed by atoms with Crippen molar-refractivity contribution < 1.29 is 14.3 Å². The molecule has 6 heteroatoms. The molecule has 1 heterocycles. The molecule has 1 atom stereocenters. The Kier molecular flexibility index (Phi) is 7.48. The molecule has 1 aromatic rings. The zero-order valence-corrected chi connectivity index (χ0v) is 14.0. The highest BCUT2D eigenvalue weighted by molar-refractivity contribution is 5.85. The highest BCUT2D eigenvalue weighted by atomic mass is 35.5. The van der Waals surface area contributed by atoms with Gasteiger partial charge in [0.05, 0.1) is 20.6 Å². The Labute approximate surface area is 138 Å². The molecule has 0 aliphatic carbocycles. The second-order valence-electron chi connectivity index (χ2n) is 5.45. The van der Waals surface area contributed by atoms with Gasteiger partial charge in [0, 0.05) is 13.1 Å². The molecular weight excluding hydrogens is 304 g/mol. The first kappa shape index (κ1) is 18.6. The molecule has 1 saturated heterocycles. The minimum atomic E-state index is 0. The number of methoxy groups -OCH3 is 2. The second kappa shape index (κ2) is 8.86. The number of halogens is 1. The molecule has 0 radical (unpaired) electrons. The molecule has 0 aromatic heterocycles. The van der Waals surface area contributed by atoms with Gasteiger partial charge in [0.25, 0.3) is 0 Å². The lowest BCUT2D eigenvalue weighted by Crippen LogP contribution is -2.42. The summed E-state index contributed by atoms with van der Waals surface area (Å²) in [7, 11) is 3.20. The maximum atomic E-state index is 12.4. The van der Waals surface area contributed by atoms with Gasteiger partial charge in [-0.2, -0.15) is 0 Å². The zero-order chi connectivity index (χ0) is 15.2. The highest BCUT2D eigenvalue weighted by Crippen LogP contribution is 2.28. The van der Waals surface area contributed by atoms with Crippen molar-refractivity contribution in [1.29, 1.82) is 0 Å². The molecule has 2 rings (SSSR count). The Balaban J connectivity index is 0.00000242. The number of hydrogen-bond donors (Lipinski definition) is 1. The molecule has 1 unspecified atom stereocenters. The normalized spacial score (nSPS) is 17.6. The van der Waals surface area contributed by atoms with Crippen LogP contribution >= 0.6 is 12.4 Å². The number of carbonyl (C=O) groups excluding carboxylic acids is 1. The van der Waals surface area contributed by atoms with E-state index in [9.17, 15) is 4.79 Å². The fraction of sp³-hybridized carbons (Fsp3) is 0.562. The van der Waals surface area contributed by atoms with Gasteiger partial charge in [0.1, 0.15) is 0 Å². The van der Waals surface area contributed by atoms with Gasteiger partial charge in [-0.25, -0.2) is 0 Å². The van der Waals surface area contributed by atoms with Crippen molar-refractivity contribution in [3.63, 3.8) is 0 Å². The van der Waals surface area contributed by atoms with Gasteiger partial charge in [0.2, 0.25) is 5.91 Å². The molecule has 1 aromatic carbocycles. The number of carbonyl (C=O) groups is 1. The fourth-order valence-electron chi connectivity index (χ4n) is 2.76. The smallest absolute Gasteiger partial charge is 0.227 e. The number of likely N-dealkylation sites (tertiary alicyclic amines) is 1. The van der Waals surface area contributed by atoms with Crippen molar-refractivity contribution in [2.24, 2.45) is 11.7 Å². The van der Waals surface area contributed by atoms with Gasteiger partial charge in [-0.1, -0.05) is 6.07 Å². The van der Waals surface area contributed by atoms with Crippen LogP contribution in [0.5, 0.6) is 11.5 Å². The van der Waals surface area contributed by atoms with E-state index < -0.39 is 0 Å². The largest absolute Gasteiger partial charge is 0.493 e. The van der Waals surface area contributed by atoms with E-state index >= 15 is 0 Å². The van der Waals surface area contributed by atoms with Crippen LogP contribution in [-0.4, -0.2) is 44.7 Å². The number of piperidine rings is 1. The SMILES string of the molecule is COc1ccc(CC(=O)N2CCCC(CN)C2)cc1OC.Cl. The number of hydrogen-bond acceptors (Lipinski definition) is 4. The van der Waals surface area contributed by atoms with Crippen LogP contribution in [0.15, 0.2) is 18.2 Å². The summed E-state index contributed by atoms with van der Waals surface area (Å²) in [6, 6.07) is 5.60. The lowest BCUT2D eigenvalue weighted by Gasteiger charge is -2.32. The van der Waals surface area contributed by atoms with Crippen LogP contribution in [0.2, 0.25) is 0 Å². The third kappa shape index (κ3) is 4.52. The predicted octanol–water partition coefficient (Wildman–Crippen LogP) is 1.87. The van der Waals surface area contributed by atoms with E-state index in [1.807, 2.05) is 23.1 Å². The van der Waals surface area contributed by atoms with Gasteiger partial charge in [-0.05, 0) is 43.0 Å². The molecule has 22 heavy (non-hydrogen) atoms. The first-order valence-corrected chi connectivity index (χ1v) is 7.36. The molecular formula is C16H25ClN2O3. The van der Waals surface area contributed by atoms with E-state index in [1.54, 1.807) is 14.2 Å². The Morgan fingerprint density at radius 1 is 1.32 bits per heavy atom. The summed E-state index contributed by atoms with van der Waals surface area (Å²) < 4.78 is 10.5. The van der Waals surface area contributed by atoms with Crippen molar-refractivity contribution >= 4 is 18.3 Å². The lowest BCUT2D eigenvalue weighted by atomic mass is 9.97. The number of benzene rings is 1. The summed E-state index contributed by atoms with van der Waals surface area (Å²) in [5.74, 6) is 1.92. The number of nitrogens with two attached hydrogens (primary N) is 1. The monoisotopic (exact) mass is 328 g/mol. The third-order valence-corrected chi connectivity index (χ3v) is 4.01. The standard InChI is InChI=1S/C16H24N2O3.ClH/c1-20-14-6-5-12(8-15(14)21-2)9-16(19)18-7-3-4-13(10-17)11-18;/h5-6,8,13H,3-4,7,9-11,17H2,1-2H3;1H. The number of ether oxygens (including phenoxy) is 2. The van der Waals surface area contributed by atoms with Crippen LogP contribution in [0.25, 0.3) is 0 Å². The first-order chi connectivity index (χ1) is 10.2. The minimum absolute atomic E-state index is 0. The van der Waals surface area contributed by atoms with Crippen LogP contribution in [-0.2, 0) is 11.2 Å². The van der Waals surface area contributed by atoms with Gasteiger partial charge in [-0.3, -0.25) is 4.79 Å². The quantitative estimate of drug-likeness (QED) is 0.896.